The zero-order chi connectivity index (χ0) is 15.8. The smallest absolute Gasteiger partial charge is 0.277 e. The molecule has 0 radical (unpaired) electrons. The van der Waals surface area contributed by atoms with Crippen molar-refractivity contribution in [1.82, 2.24) is 0 Å². The Bertz CT molecular complexity index is 417. The molecule has 0 fully saturated rings. The SMILES string of the molecule is CCN(CC)c1ccc(C=NO[SiH](C(C)C)C(C)C)cc1. The normalized spacial score (nSPS) is 11.9. The van der Waals surface area contributed by atoms with Crippen molar-refractivity contribution in [3.05, 3.63) is 29.8 Å². The van der Waals surface area contributed by atoms with E-state index in [1.54, 1.807) is 0 Å². The number of nitrogens with zero attached hydrogens (tertiary/aromatic N) is 2. The highest BCUT2D eigenvalue weighted by Gasteiger charge is 2.22. The monoisotopic (exact) mass is 306 g/mol. The zero-order valence-electron chi connectivity index (χ0n) is 14.3. The van der Waals surface area contributed by atoms with Crippen LogP contribution in [0, 0.1) is 0 Å². The Hall–Kier alpha value is -1.29. The van der Waals surface area contributed by atoms with Crippen molar-refractivity contribution >= 4 is 20.9 Å². The topological polar surface area (TPSA) is 24.8 Å². The first kappa shape index (κ1) is 17.8. The summed E-state index contributed by atoms with van der Waals surface area (Å²) in [6, 6.07) is 8.49. The van der Waals surface area contributed by atoms with E-state index in [0.29, 0.717) is 11.1 Å². The van der Waals surface area contributed by atoms with Crippen molar-refractivity contribution in [3.63, 3.8) is 0 Å². The van der Waals surface area contributed by atoms with Crippen LogP contribution in [0.3, 0.4) is 0 Å². The van der Waals surface area contributed by atoms with Gasteiger partial charge in [0.25, 0.3) is 9.04 Å². The summed E-state index contributed by atoms with van der Waals surface area (Å²) in [7, 11) is -1.26. The number of oxime groups is 1. The third-order valence-electron chi connectivity index (χ3n) is 3.72. The predicted octanol–water partition coefficient (Wildman–Crippen LogP) is 4.43. The molecule has 118 valence electrons. The maximum Gasteiger partial charge on any atom is 0.277 e. The Morgan fingerprint density at radius 3 is 2.00 bits per heavy atom. The van der Waals surface area contributed by atoms with E-state index in [2.05, 4.69) is 75.9 Å². The van der Waals surface area contributed by atoms with Crippen LogP contribution in [0.4, 0.5) is 5.69 Å². The van der Waals surface area contributed by atoms with Crippen LogP contribution in [0.25, 0.3) is 0 Å². The molecule has 0 aliphatic carbocycles. The minimum atomic E-state index is -1.26. The van der Waals surface area contributed by atoms with E-state index < -0.39 is 9.04 Å². The molecule has 0 unspecified atom stereocenters. The third kappa shape index (κ3) is 5.54. The predicted molar refractivity (Wildman–Crippen MR) is 96.0 cm³/mol. The lowest BCUT2D eigenvalue weighted by Gasteiger charge is -2.21. The van der Waals surface area contributed by atoms with Crippen LogP contribution in [0.1, 0.15) is 47.1 Å². The average Bonchev–Trinajstić information content (AvgIpc) is 2.45. The Morgan fingerprint density at radius 1 is 1.05 bits per heavy atom. The molecule has 0 atom stereocenters. The van der Waals surface area contributed by atoms with Crippen LogP contribution in [0.15, 0.2) is 29.4 Å². The summed E-state index contributed by atoms with van der Waals surface area (Å²) >= 11 is 0. The van der Waals surface area contributed by atoms with Gasteiger partial charge < -0.3 is 9.43 Å². The van der Waals surface area contributed by atoms with Gasteiger partial charge in [0.2, 0.25) is 0 Å². The summed E-state index contributed by atoms with van der Waals surface area (Å²) in [6.45, 7) is 15.3. The van der Waals surface area contributed by atoms with Crippen molar-refractivity contribution in [2.45, 2.75) is 52.6 Å². The molecule has 3 nitrogen and oxygen atoms in total. The van der Waals surface area contributed by atoms with Crippen molar-refractivity contribution in [2.75, 3.05) is 18.0 Å². The minimum Gasteiger partial charge on any atom is -0.458 e. The molecular weight excluding hydrogens is 276 g/mol. The maximum atomic E-state index is 5.79. The molecule has 21 heavy (non-hydrogen) atoms. The van der Waals surface area contributed by atoms with E-state index in [1.165, 1.54) is 5.69 Å². The minimum absolute atomic E-state index is 0.604. The number of rotatable bonds is 8. The third-order valence-corrected chi connectivity index (χ3v) is 6.71. The van der Waals surface area contributed by atoms with E-state index in [-0.39, 0.29) is 0 Å². The summed E-state index contributed by atoms with van der Waals surface area (Å²) in [6.07, 6.45) is 1.83. The van der Waals surface area contributed by atoms with Crippen LogP contribution >= 0.6 is 0 Å². The molecule has 1 rings (SSSR count). The maximum absolute atomic E-state index is 5.79. The molecule has 0 saturated carbocycles. The Balaban J connectivity index is 2.65. The molecule has 0 bridgehead atoms. The Kier molecular flexibility index (Phi) is 7.51. The van der Waals surface area contributed by atoms with Gasteiger partial charge in [0.15, 0.2) is 0 Å². The van der Waals surface area contributed by atoms with Gasteiger partial charge >= 0.3 is 0 Å². The fraction of sp³-hybridized carbons (Fsp3) is 0.588. The fourth-order valence-electron chi connectivity index (χ4n) is 2.53. The van der Waals surface area contributed by atoms with Gasteiger partial charge in [-0.3, -0.25) is 0 Å². The number of hydrogen-bond acceptors (Lipinski definition) is 3. The van der Waals surface area contributed by atoms with Crippen LogP contribution < -0.4 is 4.90 Å². The molecule has 0 heterocycles. The Morgan fingerprint density at radius 2 is 1.57 bits per heavy atom. The molecule has 0 aromatic heterocycles. The van der Waals surface area contributed by atoms with Gasteiger partial charge in [0, 0.05) is 18.8 Å². The lowest BCUT2D eigenvalue weighted by molar-refractivity contribution is 0.332. The van der Waals surface area contributed by atoms with Crippen LogP contribution in [-0.2, 0) is 4.53 Å². The second-order valence-corrected chi connectivity index (χ2v) is 9.86. The summed E-state index contributed by atoms with van der Waals surface area (Å²) in [5, 5.41) is 4.22. The molecular formula is C17H30N2OSi. The molecule has 0 N–H and O–H groups in total. The molecule has 0 spiro atoms. The van der Waals surface area contributed by atoms with Gasteiger partial charge in [-0.25, -0.2) is 0 Å². The summed E-state index contributed by atoms with van der Waals surface area (Å²) in [4.78, 5) is 2.33. The van der Waals surface area contributed by atoms with Gasteiger partial charge in [-0.05, 0) is 42.6 Å². The first-order valence-corrected chi connectivity index (χ1v) is 9.84. The molecule has 4 heteroatoms. The Labute approximate surface area is 131 Å². The van der Waals surface area contributed by atoms with Crippen molar-refractivity contribution in [1.29, 1.82) is 0 Å². The molecule has 0 aliphatic heterocycles. The quantitative estimate of drug-likeness (QED) is 0.403. The van der Waals surface area contributed by atoms with E-state index in [9.17, 15) is 0 Å². The van der Waals surface area contributed by atoms with Crippen LogP contribution in [0.2, 0.25) is 11.1 Å². The van der Waals surface area contributed by atoms with E-state index in [4.69, 9.17) is 4.53 Å². The highest BCUT2D eigenvalue weighted by Crippen LogP contribution is 2.21. The first-order valence-electron chi connectivity index (χ1n) is 8.03. The van der Waals surface area contributed by atoms with Gasteiger partial charge in [0.05, 0.1) is 6.21 Å². The van der Waals surface area contributed by atoms with E-state index in [0.717, 1.165) is 18.7 Å². The molecule has 1 aromatic carbocycles. The highest BCUT2D eigenvalue weighted by atomic mass is 28.3. The average molecular weight is 307 g/mol. The number of benzene rings is 1. The van der Waals surface area contributed by atoms with E-state index in [1.807, 2.05) is 6.21 Å². The molecule has 0 saturated heterocycles. The second-order valence-electron chi connectivity index (χ2n) is 6.06. The molecule has 1 aromatic rings. The molecule has 0 aliphatic rings. The van der Waals surface area contributed by atoms with Gasteiger partial charge in [0.1, 0.15) is 0 Å². The summed E-state index contributed by atoms with van der Waals surface area (Å²) < 4.78 is 5.79. The van der Waals surface area contributed by atoms with Crippen molar-refractivity contribution in [2.24, 2.45) is 5.16 Å². The van der Waals surface area contributed by atoms with Gasteiger partial charge in [-0.1, -0.05) is 39.8 Å². The highest BCUT2D eigenvalue weighted by molar-refractivity contribution is 6.54. The standard InChI is InChI=1S/C17H30N2OSi/c1-7-19(8-2)17-11-9-16(10-12-17)13-18-20-21(14(3)4)15(5)6/h9-15,21H,7-8H2,1-6H3. The summed E-state index contributed by atoms with van der Waals surface area (Å²) in [5.41, 5.74) is 3.56. The number of anilines is 1. The van der Waals surface area contributed by atoms with Crippen LogP contribution in [-0.4, -0.2) is 28.3 Å². The zero-order valence-corrected chi connectivity index (χ0v) is 15.5. The fourth-order valence-corrected chi connectivity index (χ4v) is 4.76. The largest absolute Gasteiger partial charge is 0.458 e. The first-order chi connectivity index (χ1) is 9.99. The lowest BCUT2D eigenvalue weighted by Crippen LogP contribution is -2.23. The van der Waals surface area contributed by atoms with E-state index >= 15 is 0 Å². The van der Waals surface area contributed by atoms with Crippen molar-refractivity contribution < 1.29 is 4.53 Å². The van der Waals surface area contributed by atoms with Crippen molar-refractivity contribution in [3.8, 4) is 0 Å². The van der Waals surface area contributed by atoms with Gasteiger partial charge in [-0.2, -0.15) is 0 Å². The summed E-state index contributed by atoms with van der Waals surface area (Å²) in [5.74, 6) is 0. The second kappa shape index (κ2) is 8.88. The van der Waals surface area contributed by atoms with Gasteiger partial charge in [-0.15, -0.1) is 5.16 Å². The number of hydrogen-bond donors (Lipinski definition) is 0. The molecule has 0 amide bonds. The van der Waals surface area contributed by atoms with Crippen LogP contribution in [0.5, 0.6) is 0 Å². The lowest BCUT2D eigenvalue weighted by atomic mass is 10.2.